The summed E-state index contributed by atoms with van der Waals surface area (Å²) in [6.07, 6.45) is 5.11. The third-order valence-electron chi connectivity index (χ3n) is 10.6. The maximum atomic E-state index is 13.6. The number of halogens is 1. The summed E-state index contributed by atoms with van der Waals surface area (Å²) in [5, 5.41) is 25.6. The summed E-state index contributed by atoms with van der Waals surface area (Å²) in [6.45, 7) is 4.71. The number of carbonyl (C=O) groups is 1. The Bertz CT molecular complexity index is 1240. The molecule has 36 heavy (non-hydrogen) atoms. The zero-order chi connectivity index (χ0) is 24.8. The summed E-state index contributed by atoms with van der Waals surface area (Å²) in [5.74, 6) is 1.95. The number of aromatic hydroxyl groups is 1. The second-order valence-electron chi connectivity index (χ2n) is 12.4. The molecule has 1 aliphatic heterocycles. The minimum absolute atomic E-state index is 0.0697. The maximum absolute atomic E-state index is 13.6. The second kappa shape index (κ2) is 7.96. The molecule has 3 saturated carbocycles. The van der Waals surface area contributed by atoms with E-state index in [1.165, 1.54) is 24.0 Å². The molecule has 1 spiro atoms. The molecule has 1 saturated heterocycles. The molecular weight excluding hydrogens is 472 g/mol. The third kappa shape index (κ3) is 3.06. The first kappa shape index (κ1) is 23.1. The Morgan fingerprint density at radius 2 is 2.03 bits per heavy atom. The Morgan fingerprint density at radius 1 is 1.19 bits per heavy atom. The van der Waals surface area contributed by atoms with E-state index >= 15 is 0 Å². The van der Waals surface area contributed by atoms with Crippen LogP contribution in [0, 0.1) is 36.0 Å². The van der Waals surface area contributed by atoms with E-state index in [4.69, 9.17) is 11.6 Å². The molecule has 0 radical (unpaired) electrons. The fourth-order valence-corrected chi connectivity index (χ4v) is 9.30. The SMILES string of the molecule is Cc1ccc(CNC(=O)C2CC3(CO)C4C5Cc6ccc(O)cc6C3(C2)C5CN4CC2CC2)cc1Cl. The lowest BCUT2D eigenvalue weighted by Crippen LogP contribution is -2.58. The van der Waals surface area contributed by atoms with Crippen LogP contribution in [0.5, 0.6) is 5.75 Å². The van der Waals surface area contributed by atoms with Crippen molar-refractivity contribution in [3.05, 3.63) is 63.7 Å². The van der Waals surface area contributed by atoms with Crippen molar-refractivity contribution < 1.29 is 15.0 Å². The summed E-state index contributed by atoms with van der Waals surface area (Å²) in [6, 6.07) is 12.1. The van der Waals surface area contributed by atoms with Gasteiger partial charge in [-0.15, -0.1) is 0 Å². The van der Waals surface area contributed by atoms with E-state index < -0.39 is 0 Å². The molecule has 5 nitrogen and oxygen atoms in total. The number of phenols is 1. The topological polar surface area (TPSA) is 72.8 Å². The zero-order valence-electron chi connectivity index (χ0n) is 20.8. The van der Waals surface area contributed by atoms with Gasteiger partial charge in [0.15, 0.2) is 0 Å². The number of phenolic OH excluding ortho intramolecular Hbond substituents is 1. The van der Waals surface area contributed by atoms with Crippen molar-refractivity contribution in [1.82, 2.24) is 10.2 Å². The van der Waals surface area contributed by atoms with Crippen LogP contribution in [0.3, 0.4) is 0 Å². The molecule has 4 fully saturated rings. The minimum atomic E-state index is -0.344. The molecule has 7 rings (SSSR count). The molecule has 6 unspecified atom stereocenters. The molecule has 1 heterocycles. The van der Waals surface area contributed by atoms with Gasteiger partial charge in [-0.25, -0.2) is 0 Å². The number of aryl methyl sites for hydroxylation is 1. The summed E-state index contributed by atoms with van der Waals surface area (Å²) < 4.78 is 0. The van der Waals surface area contributed by atoms with Gasteiger partial charge >= 0.3 is 0 Å². The average Bonchev–Trinajstić information content (AvgIpc) is 3.46. The fourth-order valence-electron chi connectivity index (χ4n) is 9.09. The van der Waals surface area contributed by atoms with Gasteiger partial charge in [0.2, 0.25) is 5.91 Å². The molecule has 2 aromatic rings. The monoisotopic (exact) mass is 506 g/mol. The van der Waals surface area contributed by atoms with E-state index in [0.29, 0.717) is 35.9 Å². The summed E-state index contributed by atoms with van der Waals surface area (Å²) in [5.41, 5.74) is 3.93. The number of hydrogen-bond donors (Lipinski definition) is 3. The van der Waals surface area contributed by atoms with E-state index in [2.05, 4.69) is 16.3 Å². The lowest BCUT2D eigenvalue weighted by atomic mass is 9.56. The van der Waals surface area contributed by atoms with Crippen molar-refractivity contribution in [1.29, 1.82) is 0 Å². The summed E-state index contributed by atoms with van der Waals surface area (Å²) in [4.78, 5) is 16.3. The van der Waals surface area contributed by atoms with Crippen LogP contribution in [-0.4, -0.2) is 46.8 Å². The molecule has 4 bridgehead atoms. The number of amides is 1. The molecule has 1 amide bonds. The average molecular weight is 507 g/mol. The molecule has 5 aliphatic rings. The van der Waals surface area contributed by atoms with Crippen molar-refractivity contribution >= 4 is 17.5 Å². The Kier molecular flexibility index (Phi) is 5.10. The first-order chi connectivity index (χ1) is 17.4. The highest BCUT2D eigenvalue weighted by Crippen LogP contribution is 2.75. The lowest BCUT2D eigenvalue weighted by molar-refractivity contribution is -0.125. The number of hydrogen-bond acceptors (Lipinski definition) is 4. The van der Waals surface area contributed by atoms with Gasteiger partial charge < -0.3 is 15.5 Å². The number of nitrogens with one attached hydrogen (secondary N) is 1. The first-order valence-corrected chi connectivity index (χ1v) is 13.9. The van der Waals surface area contributed by atoms with E-state index in [9.17, 15) is 15.0 Å². The predicted octanol–water partition coefficient (Wildman–Crippen LogP) is 4.19. The molecule has 6 atom stereocenters. The minimum Gasteiger partial charge on any atom is -0.508 e. The van der Waals surface area contributed by atoms with E-state index in [0.717, 1.165) is 43.0 Å². The number of fused-ring (bicyclic) bond motifs is 2. The van der Waals surface area contributed by atoms with Crippen molar-refractivity contribution in [3.63, 3.8) is 0 Å². The molecule has 2 aromatic carbocycles. The number of benzene rings is 2. The smallest absolute Gasteiger partial charge is 0.223 e. The summed E-state index contributed by atoms with van der Waals surface area (Å²) in [7, 11) is 0. The summed E-state index contributed by atoms with van der Waals surface area (Å²) >= 11 is 6.30. The number of rotatable bonds is 6. The van der Waals surface area contributed by atoms with Crippen LogP contribution in [0.15, 0.2) is 36.4 Å². The highest BCUT2D eigenvalue weighted by molar-refractivity contribution is 6.31. The predicted molar refractivity (Wildman–Crippen MR) is 139 cm³/mol. The van der Waals surface area contributed by atoms with Gasteiger partial charge in [0.1, 0.15) is 5.75 Å². The number of carbonyl (C=O) groups excluding carboxylic acids is 1. The maximum Gasteiger partial charge on any atom is 0.223 e. The molecule has 6 heteroatoms. The number of aliphatic hydroxyl groups excluding tert-OH is 1. The quantitative estimate of drug-likeness (QED) is 0.549. The Hall–Kier alpha value is -2.08. The van der Waals surface area contributed by atoms with E-state index in [1.807, 2.05) is 31.2 Å². The van der Waals surface area contributed by atoms with Gasteiger partial charge in [0, 0.05) is 47.4 Å². The van der Waals surface area contributed by atoms with Crippen LogP contribution in [0.2, 0.25) is 5.02 Å². The first-order valence-electron chi connectivity index (χ1n) is 13.6. The van der Waals surface area contributed by atoms with Crippen LogP contribution < -0.4 is 5.32 Å². The molecule has 4 aliphatic carbocycles. The molecule has 190 valence electrons. The van der Waals surface area contributed by atoms with Crippen molar-refractivity contribution in [2.45, 2.75) is 57.0 Å². The normalized spacial score (nSPS) is 36.1. The Balaban J connectivity index is 1.23. The van der Waals surface area contributed by atoms with Gasteiger partial charge in [0.25, 0.3) is 0 Å². The van der Waals surface area contributed by atoms with Gasteiger partial charge in [-0.1, -0.05) is 29.8 Å². The second-order valence-corrected chi connectivity index (χ2v) is 12.8. The lowest BCUT2D eigenvalue weighted by Gasteiger charge is -2.53. The highest BCUT2D eigenvalue weighted by atomic mass is 35.5. The van der Waals surface area contributed by atoms with Crippen LogP contribution in [0.4, 0.5) is 0 Å². The number of piperidine rings is 1. The highest BCUT2D eigenvalue weighted by Gasteiger charge is 2.78. The van der Waals surface area contributed by atoms with Gasteiger partial charge in [-0.3, -0.25) is 9.69 Å². The zero-order valence-corrected chi connectivity index (χ0v) is 21.6. The standard InChI is InChI=1S/C30H35ClN2O3/c1-17-2-3-19(8-26(17)31)13-32-28(36)21-11-29(16-34)27-23-9-20-6-7-22(35)10-24(20)30(29,12-21)25(23)15-33(27)14-18-4-5-18/h2-3,6-8,10,18,21,23,25,27,34-35H,4-5,9,11-16H2,1H3,(H,32,36). The van der Waals surface area contributed by atoms with Crippen LogP contribution in [-0.2, 0) is 23.2 Å². The number of likely N-dealkylation sites (tertiary alicyclic amines) is 1. The fraction of sp³-hybridized carbons (Fsp3) is 0.567. The molecule has 0 aromatic heterocycles. The molecule has 3 N–H and O–H groups in total. The molecular formula is C30H35ClN2O3. The van der Waals surface area contributed by atoms with Crippen LogP contribution in [0.25, 0.3) is 0 Å². The van der Waals surface area contributed by atoms with Gasteiger partial charge in [0.05, 0.1) is 6.61 Å². The largest absolute Gasteiger partial charge is 0.508 e. The Morgan fingerprint density at radius 3 is 2.78 bits per heavy atom. The van der Waals surface area contributed by atoms with Crippen molar-refractivity contribution in [3.8, 4) is 5.75 Å². The van der Waals surface area contributed by atoms with Gasteiger partial charge in [-0.2, -0.15) is 0 Å². The third-order valence-corrected chi connectivity index (χ3v) is 11.0. The van der Waals surface area contributed by atoms with Crippen LogP contribution >= 0.6 is 11.6 Å². The van der Waals surface area contributed by atoms with Crippen molar-refractivity contribution in [2.24, 2.45) is 29.1 Å². The van der Waals surface area contributed by atoms with Gasteiger partial charge in [-0.05, 0) is 97.2 Å². The van der Waals surface area contributed by atoms with E-state index in [1.54, 1.807) is 6.07 Å². The van der Waals surface area contributed by atoms with Crippen molar-refractivity contribution in [2.75, 3.05) is 19.7 Å². The van der Waals surface area contributed by atoms with Crippen LogP contribution in [0.1, 0.15) is 47.9 Å². The number of nitrogens with zero attached hydrogens (tertiary/aromatic N) is 1. The van der Waals surface area contributed by atoms with E-state index in [-0.39, 0.29) is 35.0 Å². The Labute approximate surface area is 217 Å². The number of aliphatic hydroxyl groups is 1.